The Morgan fingerprint density at radius 3 is 2.36 bits per heavy atom. The van der Waals surface area contributed by atoms with Crippen LogP contribution in [0, 0.1) is 0 Å². The summed E-state index contributed by atoms with van der Waals surface area (Å²) in [6, 6.07) is 13.1. The SMILES string of the molecule is C/C=C\C(=C/C)C1c2[nH]c3ccc(Cl)cc3c2CCN1C=O.CN.COc1ccc(Cl)cc1. The van der Waals surface area contributed by atoms with Gasteiger partial charge in [0.15, 0.2) is 0 Å². The molecule has 0 saturated heterocycles. The van der Waals surface area contributed by atoms with Crippen molar-refractivity contribution in [3.05, 3.63) is 87.6 Å². The number of allylic oxidation sites excluding steroid dienone is 2. The Bertz CT molecular complexity index is 1100. The number of hydrogen-bond donors (Lipinski definition) is 2. The van der Waals surface area contributed by atoms with Crippen molar-refractivity contribution in [2.45, 2.75) is 26.3 Å². The molecule has 33 heavy (non-hydrogen) atoms. The fraction of sp³-hybridized carbons (Fsp3) is 0.269. The predicted octanol–water partition coefficient (Wildman–Crippen LogP) is 6.32. The molecular weight excluding hydrogens is 457 g/mol. The predicted molar refractivity (Wildman–Crippen MR) is 139 cm³/mol. The molecule has 0 radical (unpaired) electrons. The van der Waals surface area contributed by atoms with Crippen LogP contribution in [0.4, 0.5) is 0 Å². The van der Waals surface area contributed by atoms with Crippen LogP contribution in [0.25, 0.3) is 10.9 Å². The van der Waals surface area contributed by atoms with Gasteiger partial charge >= 0.3 is 0 Å². The number of carbonyl (C=O) groups is 1. The summed E-state index contributed by atoms with van der Waals surface area (Å²) < 4.78 is 4.91. The third kappa shape index (κ3) is 6.41. The molecule has 4 rings (SSSR count). The van der Waals surface area contributed by atoms with Gasteiger partial charge in [-0.05, 0) is 80.9 Å². The Labute approximate surface area is 205 Å². The summed E-state index contributed by atoms with van der Waals surface area (Å²) >= 11 is 11.8. The number of rotatable bonds is 4. The number of nitrogens with zero attached hydrogens (tertiary/aromatic N) is 1. The number of hydrogen-bond acceptors (Lipinski definition) is 3. The highest BCUT2D eigenvalue weighted by molar-refractivity contribution is 6.31. The van der Waals surface area contributed by atoms with E-state index in [1.54, 1.807) is 19.2 Å². The number of aromatic amines is 1. The molecule has 1 amide bonds. The van der Waals surface area contributed by atoms with Crippen molar-refractivity contribution in [2.75, 3.05) is 20.7 Å². The quantitative estimate of drug-likeness (QED) is 0.333. The highest BCUT2D eigenvalue weighted by atomic mass is 35.5. The minimum Gasteiger partial charge on any atom is -0.497 e. The van der Waals surface area contributed by atoms with Gasteiger partial charge in [-0.2, -0.15) is 0 Å². The van der Waals surface area contributed by atoms with Crippen molar-refractivity contribution in [1.29, 1.82) is 0 Å². The van der Waals surface area contributed by atoms with Gasteiger partial charge in [0.25, 0.3) is 0 Å². The third-order valence-corrected chi connectivity index (χ3v) is 5.81. The van der Waals surface area contributed by atoms with E-state index in [1.165, 1.54) is 12.6 Å². The maximum Gasteiger partial charge on any atom is 0.210 e. The van der Waals surface area contributed by atoms with Crippen LogP contribution in [0.2, 0.25) is 10.0 Å². The average molecular weight is 488 g/mol. The van der Waals surface area contributed by atoms with Gasteiger partial charge < -0.3 is 20.4 Å². The van der Waals surface area contributed by atoms with Crippen LogP contribution >= 0.6 is 23.2 Å². The number of methoxy groups -OCH3 is 1. The fourth-order valence-corrected chi connectivity index (χ4v) is 4.16. The Hall–Kier alpha value is -2.73. The Balaban J connectivity index is 0.000000293. The van der Waals surface area contributed by atoms with Crippen molar-refractivity contribution in [1.82, 2.24) is 9.88 Å². The smallest absolute Gasteiger partial charge is 0.210 e. The maximum absolute atomic E-state index is 11.5. The van der Waals surface area contributed by atoms with Crippen molar-refractivity contribution < 1.29 is 9.53 Å². The first-order valence-corrected chi connectivity index (χ1v) is 11.4. The largest absolute Gasteiger partial charge is 0.497 e. The molecule has 3 N–H and O–H groups in total. The van der Waals surface area contributed by atoms with Gasteiger partial charge in [-0.3, -0.25) is 4.79 Å². The lowest BCUT2D eigenvalue weighted by atomic mass is 9.92. The summed E-state index contributed by atoms with van der Waals surface area (Å²) in [4.78, 5) is 16.9. The van der Waals surface area contributed by atoms with Gasteiger partial charge in [0.05, 0.1) is 13.2 Å². The molecule has 1 aliphatic heterocycles. The number of amides is 1. The van der Waals surface area contributed by atoms with E-state index >= 15 is 0 Å². The molecule has 2 heterocycles. The summed E-state index contributed by atoms with van der Waals surface area (Å²) in [6.45, 7) is 4.71. The molecule has 0 aliphatic carbocycles. The van der Waals surface area contributed by atoms with E-state index in [4.69, 9.17) is 27.9 Å². The maximum atomic E-state index is 11.5. The van der Waals surface area contributed by atoms with Crippen LogP contribution in [0.5, 0.6) is 5.75 Å². The van der Waals surface area contributed by atoms with Crippen molar-refractivity contribution in [3.8, 4) is 5.75 Å². The van der Waals surface area contributed by atoms with Crippen LogP contribution in [0.1, 0.15) is 31.1 Å². The first-order valence-electron chi connectivity index (χ1n) is 10.7. The second kappa shape index (κ2) is 13.1. The zero-order chi connectivity index (χ0) is 24.4. The number of aromatic nitrogens is 1. The lowest BCUT2D eigenvalue weighted by Crippen LogP contribution is -2.35. The lowest BCUT2D eigenvalue weighted by Gasteiger charge is -2.33. The fourth-order valence-electron chi connectivity index (χ4n) is 3.86. The van der Waals surface area contributed by atoms with Crippen LogP contribution in [-0.4, -0.2) is 37.0 Å². The van der Waals surface area contributed by atoms with E-state index in [0.717, 1.165) is 57.3 Å². The number of nitrogens with two attached hydrogens (primary N) is 1. The minimum atomic E-state index is -0.0615. The van der Waals surface area contributed by atoms with Crippen molar-refractivity contribution >= 4 is 40.5 Å². The molecule has 7 heteroatoms. The molecule has 1 aliphatic rings. The number of halogens is 2. The van der Waals surface area contributed by atoms with Gasteiger partial charge in [-0.25, -0.2) is 0 Å². The monoisotopic (exact) mass is 487 g/mol. The van der Waals surface area contributed by atoms with E-state index in [1.807, 2.05) is 55.2 Å². The Kier molecular flexibility index (Phi) is 10.5. The standard InChI is InChI=1S/C18H19ClN2O.C7H7ClO.CH5N/c1-3-5-12(4-2)18-17-14(8-9-21(18)11-22)15-10-13(19)6-7-16(15)20-17;1-9-7-4-2-6(8)3-5-7;1-2/h3-7,10-11,18,20H,8-9H2,1-2H3;2-5H,1H3;2H2,1H3/b5-3-,12-4+;;. The molecule has 1 aromatic heterocycles. The van der Waals surface area contributed by atoms with Crippen LogP contribution in [-0.2, 0) is 11.2 Å². The average Bonchev–Trinajstić information content (AvgIpc) is 3.22. The summed E-state index contributed by atoms with van der Waals surface area (Å²) in [5.41, 5.74) is 9.06. The van der Waals surface area contributed by atoms with E-state index < -0.39 is 0 Å². The molecule has 0 spiro atoms. The Morgan fingerprint density at radius 1 is 1.12 bits per heavy atom. The first-order chi connectivity index (χ1) is 16.0. The number of carbonyl (C=O) groups excluding carboxylic acids is 1. The molecule has 3 aromatic rings. The molecule has 0 bridgehead atoms. The normalized spacial score (nSPS) is 15.3. The molecule has 1 unspecified atom stereocenters. The molecule has 176 valence electrons. The topological polar surface area (TPSA) is 71.4 Å². The van der Waals surface area contributed by atoms with Crippen LogP contribution in [0.3, 0.4) is 0 Å². The van der Waals surface area contributed by atoms with Gasteiger partial charge in [0.1, 0.15) is 5.75 Å². The minimum absolute atomic E-state index is 0.0615. The highest BCUT2D eigenvalue weighted by Crippen LogP contribution is 2.38. The van der Waals surface area contributed by atoms with Crippen LogP contribution < -0.4 is 10.5 Å². The first kappa shape index (κ1) is 26.5. The van der Waals surface area contributed by atoms with Gasteiger partial charge in [0.2, 0.25) is 6.41 Å². The zero-order valence-electron chi connectivity index (χ0n) is 19.4. The van der Waals surface area contributed by atoms with Gasteiger partial charge in [-0.1, -0.05) is 41.4 Å². The lowest BCUT2D eigenvalue weighted by molar-refractivity contribution is -0.120. The number of benzene rings is 2. The number of nitrogens with one attached hydrogen (secondary N) is 1. The Morgan fingerprint density at radius 2 is 1.79 bits per heavy atom. The molecule has 5 nitrogen and oxygen atoms in total. The molecule has 1 atom stereocenters. The van der Waals surface area contributed by atoms with E-state index in [-0.39, 0.29) is 6.04 Å². The molecule has 2 aromatic carbocycles. The van der Waals surface area contributed by atoms with E-state index in [2.05, 4.69) is 22.9 Å². The molecule has 0 saturated carbocycles. The summed E-state index contributed by atoms with van der Waals surface area (Å²) in [5.74, 6) is 0.833. The third-order valence-electron chi connectivity index (χ3n) is 5.32. The molecule has 0 fully saturated rings. The number of ether oxygens (including phenoxy) is 1. The van der Waals surface area contributed by atoms with Crippen molar-refractivity contribution in [2.24, 2.45) is 5.73 Å². The molecular formula is C26H31Cl2N3O2. The van der Waals surface area contributed by atoms with Gasteiger partial charge in [-0.15, -0.1) is 0 Å². The van der Waals surface area contributed by atoms with E-state index in [0.29, 0.717) is 0 Å². The van der Waals surface area contributed by atoms with Crippen LogP contribution in [0.15, 0.2) is 66.3 Å². The second-order valence-corrected chi connectivity index (χ2v) is 8.02. The highest BCUT2D eigenvalue weighted by Gasteiger charge is 2.31. The number of H-pyrrole nitrogens is 1. The summed E-state index contributed by atoms with van der Waals surface area (Å²) in [6.07, 6.45) is 7.92. The van der Waals surface area contributed by atoms with Gasteiger partial charge in [0, 0.05) is 33.2 Å². The zero-order valence-corrected chi connectivity index (χ0v) is 21.0. The second-order valence-electron chi connectivity index (χ2n) is 7.15. The summed E-state index contributed by atoms with van der Waals surface area (Å²) in [5, 5.41) is 2.63. The van der Waals surface area contributed by atoms with E-state index in [9.17, 15) is 4.79 Å². The summed E-state index contributed by atoms with van der Waals surface area (Å²) in [7, 11) is 3.13. The number of fused-ring (bicyclic) bond motifs is 3. The van der Waals surface area contributed by atoms with Crippen molar-refractivity contribution in [3.63, 3.8) is 0 Å².